The SMILES string of the molecule is CC/C=C\C/C=C\C/C=C\C/C=C\C/C=C\C/C=C\CCCCCCCCC(=O)OCC(O)COP(=O)(O)OCC(O)COP(=O)(O)OCC(COC(=O)CCCCCC/C=C\C/C=C\C/C=C\C/C=C\C/C=C\C/C=C\CC)OC(=O)CCCCCCCC/C=C\C/C=C\C/C=C\CCCCC. The minimum Gasteiger partial charge on any atom is -0.463 e. The molecule has 0 amide bonds. The second-order valence-corrected chi connectivity index (χ2v) is 28.3. The van der Waals surface area contributed by atoms with Crippen LogP contribution in [-0.2, 0) is 55.8 Å². The molecule has 0 rings (SSSR count). The highest BCUT2D eigenvalue weighted by molar-refractivity contribution is 7.47. The Labute approximate surface area is 624 Å². The number of ether oxygens (including phenoxy) is 3. The van der Waals surface area contributed by atoms with Crippen LogP contribution in [-0.4, -0.2) is 95.9 Å². The molecule has 18 heteroatoms. The summed E-state index contributed by atoms with van der Waals surface area (Å²) in [5.74, 6) is -1.64. The third-order valence-corrected chi connectivity index (χ3v) is 17.5. The predicted molar refractivity (Wildman–Crippen MR) is 426 cm³/mol. The lowest BCUT2D eigenvalue weighted by atomic mass is 10.1. The smallest absolute Gasteiger partial charge is 0.463 e. The van der Waals surface area contributed by atoms with Gasteiger partial charge in [-0.1, -0.05) is 280 Å². The molecule has 0 aliphatic rings. The van der Waals surface area contributed by atoms with Crippen molar-refractivity contribution in [3.63, 3.8) is 0 Å². The van der Waals surface area contributed by atoms with Crippen molar-refractivity contribution in [1.82, 2.24) is 0 Å². The van der Waals surface area contributed by atoms with E-state index in [9.17, 15) is 43.5 Å². The molecule has 103 heavy (non-hydrogen) atoms. The Balaban J connectivity index is 4.75. The van der Waals surface area contributed by atoms with Gasteiger partial charge in [-0.15, -0.1) is 0 Å². The lowest BCUT2D eigenvalue weighted by Gasteiger charge is -2.21. The van der Waals surface area contributed by atoms with E-state index in [-0.39, 0.29) is 19.3 Å². The van der Waals surface area contributed by atoms with E-state index >= 15 is 0 Å². The van der Waals surface area contributed by atoms with E-state index in [0.717, 1.165) is 199 Å². The Morgan fingerprint density at radius 3 is 0.816 bits per heavy atom. The molecule has 0 aromatic rings. The van der Waals surface area contributed by atoms with Crippen LogP contribution in [0.1, 0.15) is 278 Å². The van der Waals surface area contributed by atoms with Crippen LogP contribution < -0.4 is 0 Å². The predicted octanol–water partition coefficient (Wildman–Crippen LogP) is 23.0. The zero-order chi connectivity index (χ0) is 75.2. The van der Waals surface area contributed by atoms with Gasteiger partial charge >= 0.3 is 33.6 Å². The van der Waals surface area contributed by atoms with Crippen LogP contribution in [0.3, 0.4) is 0 Å². The van der Waals surface area contributed by atoms with Crippen LogP contribution in [0, 0.1) is 0 Å². The molecule has 0 fully saturated rings. The first kappa shape index (κ1) is 97.7. The third kappa shape index (κ3) is 77.6. The summed E-state index contributed by atoms with van der Waals surface area (Å²) < 4.78 is 61.1. The standard InChI is InChI=1S/C85H138O16P2/c1-4-7-10-13-16-19-22-25-28-31-34-36-38-39-41-43-45-47-50-53-56-59-62-65-68-71-83(88)95-74-80(86)75-97-102(91,92)98-76-81(87)77-99-103(93,94)100-79-82(101-85(90)73-70-67-64-61-58-55-52-49-44-33-30-27-24-21-18-15-12-9-6-3)78-96-84(89)72-69-66-63-60-57-54-51-48-46-42-40-37-35-32-29-26-23-20-17-14-11-8-5-2/h7-8,10-11,16-21,25-30,34-37,39,41-42,44-47,49,51,54,80-82,86-87H,4-6,9,12-15,22-24,31-33,38,40,43,48,50,52-53,55-79H2,1-3H3,(H,91,92)(H,93,94)/b10-7-,11-8-,19-16-,20-17-,21-18-,28-25-,29-26-,30-27-,36-34-,37-35-,41-39-,46-42-,47-45-,49-44-,54-51-. The van der Waals surface area contributed by atoms with E-state index in [1.807, 2.05) is 0 Å². The largest absolute Gasteiger partial charge is 0.472 e. The van der Waals surface area contributed by atoms with Gasteiger partial charge in [0.25, 0.3) is 0 Å². The molecule has 4 N–H and O–H groups in total. The van der Waals surface area contributed by atoms with E-state index in [1.54, 1.807) is 0 Å². The van der Waals surface area contributed by atoms with Gasteiger partial charge < -0.3 is 34.2 Å². The van der Waals surface area contributed by atoms with Crippen LogP contribution in [0.15, 0.2) is 182 Å². The monoisotopic (exact) mass is 1480 g/mol. The number of hydrogen-bond donors (Lipinski definition) is 4. The van der Waals surface area contributed by atoms with Crippen molar-refractivity contribution in [3.05, 3.63) is 182 Å². The number of phosphoric acid groups is 2. The lowest BCUT2D eigenvalue weighted by Crippen LogP contribution is -2.30. The molecule has 0 spiro atoms. The van der Waals surface area contributed by atoms with Crippen LogP contribution >= 0.6 is 15.6 Å². The Kier molecular flexibility index (Phi) is 72.3. The van der Waals surface area contributed by atoms with Crippen molar-refractivity contribution in [1.29, 1.82) is 0 Å². The Morgan fingerprint density at radius 1 is 0.282 bits per heavy atom. The van der Waals surface area contributed by atoms with Crippen molar-refractivity contribution in [2.75, 3.05) is 39.6 Å². The second kappa shape index (κ2) is 76.3. The van der Waals surface area contributed by atoms with Gasteiger partial charge in [0.05, 0.1) is 26.4 Å². The summed E-state index contributed by atoms with van der Waals surface area (Å²) in [4.78, 5) is 58.7. The number of hydrogen-bond acceptors (Lipinski definition) is 14. The van der Waals surface area contributed by atoms with Crippen molar-refractivity contribution >= 4 is 33.6 Å². The summed E-state index contributed by atoms with van der Waals surface area (Å²) >= 11 is 0. The number of carbonyl (C=O) groups is 3. The summed E-state index contributed by atoms with van der Waals surface area (Å²) in [5.41, 5.74) is 0. The van der Waals surface area contributed by atoms with E-state index in [2.05, 4.69) is 203 Å². The maximum absolute atomic E-state index is 13.0. The third-order valence-electron chi connectivity index (χ3n) is 15.6. The number of unbranched alkanes of at least 4 members (excludes halogenated alkanes) is 19. The van der Waals surface area contributed by atoms with Crippen molar-refractivity contribution < 1.29 is 75.8 Å². The number of rotatable bonds is 72. The van der Waals surface area contributed by atoms with Crippen LogP contribution in [0.25, 0.3) is 0 Å². The molecular weight excluding hydrogens is 1340 g/mol. The quantitative estimate of drug-likeness (QED) is 0.0146. The Morgan fingerprint density at radius 2 is 0.515 bits per heavy atom. The average Bonchev–Trinajstić information content (AvgIpc) is 0.922. The molecule has 0 heterocycles. The fourth-order valence-electron chi connectivity index (χ4n) is 9.70. The van der Waals surface area contributed by atoms with Crippen molar-refractivity contribution in [3.8, 4) is 0 Å². The summed E-state index contributed by atoms with van der Waals surface area (Å²) in [6.45, 7) is 2.34. The fourth-order valence-corrected chi connectivity index (χ4v) is 11.3. The van der Waals surface area contributed by atoms with Gasteiger partial charge in [-0.2, -0.15) is 0 Å². The molecule has 0 aromatic carbocycles. The molecule has 0 saturated carbocycles. The summed E-state index contributed by atoms with van der Waals surface area (Å²) in [7, 11) is -9.82. The topological polar surface area (TPSA) is 231 Å². The van der Waals surface area contributed by atoms with E-state index < -0.39 is 91.5 Å². The number of esters is 3. The highest BCUT2D eigenvalue weighted by atomic mass is 31.2. The van der Waals surface area contributed by atoms with Crippen molar-refractivity contribution in [2.45, 2.75) is 296 Å². The first-order valence-corrected chi connectivity index (χ1v) is 42.1. The Bertz CT molecular complexity index is 2600. The van der Waals surface area contributed by atoms with Crippen LogP contribution in [0.2, 0.25) is 0 Å². The molecule has 0 radical (unpaired) electrons. The average molecular weight is 1480 g/mol. The maximum Gasteiger partial charge on any atom is 0.472 e. The van der Waals surface area contributed by atoms with Gasteiger partial charge in [-0.05, 0) is 161 Å². The Hall–Kier alpha value is -5.35. The number of allylic oxidation sites excluding steroid dienone is 30. The van der Waals surface area contributed by atoms with E-state index in [0.29, 0.717) is 19.3 Å². The molecule has 0 aromatic heterocycles. The summed E-state index contributed by atoms with van der Waals surface area (Å²) in [6, 6.07) is 0. The minimum atomic E-state index is -4.95. The fraction of sp³-hybridized carbons (Fsp3) is 0.612. The number of phosphoric ester groups is 2. The van der Waals surface area contributed by atoms with Gasteiger partial charge in [0.15, 0.2) is 6.10 Å². The molecule has 584 valence electrons. The van der Waals surface area contributed by atoms with Crippen LogP contribution in [0.5, 0.6) is 0 Å². The van der Waals surface area contributed by atoms with Gasteiger partial charge in [0.1, 0.15) is 25.4 Å². The molecule has 0 bridgehead atoms. The number of aliphatic hydroxyl groups excluding tert-OH is 2. The maximum atomic E-state index is 13.0. The van der Waals surface area contributed by atoms with Crippen molar-refractivity contribution in [2.24, 2.45) is 0 Å². The van der Waals surface area contributed by atoms with Gasteiger partial charge in [-0.25, -0.2) is 9.13 Å². The molecule has 16 nitrogen and oxygen atoms in total. The van der Waals surface area contributed by atoms with Gasteiger partial charge in [0, 0.05) is 19.3 Å². The summed E-state index contributed by atoms with van der Waals surface area (Å²) in [6.07, 6.45) is 97.8. The van der Waals surface area contributed by atoms with Crippen LogP contribution in [0.4, 0.5) is 0 Å². The number of aliphatic hydroxyl groups is 2. The zero-order valence-electron chi connectivity index (χ0n) is 63.7. The molecular formula is C85H138O16P2. The number of carbonyl (C=O) groups excluding carboxylic acids is 3. The minimum absolute atomic E-state index is 0.0764. The molecule has 5 atom stereocenters. The van der Waals surface area contributed by atoms with E-state index in [4.69, 9.17) is 32.3 Å². The molecule has 5 unspecified atom stereocenters. The lowest BCUT2D eigenvalue weighted by molar-refractivity contribution is -0.161. The first-order chi connectivity index (χ1) is 50.2. The van der Waals surface area contributed by atoms with Gasteiger partial charge in [-0.3, -0.25) is 32.5 Å². The van der Waals surface area contributed by atoms with Gasteiger partial charge in [0.2, 0.25) is 0 Å². The normalized spacial score (nSPS) is 15.0. The second-order valence-electron chi connectivity index (χ2n) is 25.4. The molecule has 0 aliphatic heterocycles. The van der Waals surface area contributed by atoms with E-state index in [1.165, 1.54) is 19.3 Å². The molecule has 0 saturated heterocycles. The highest BCUT2D eigenvalue weighted by Gasteiger charge is 2.29. The highest BCUT2D eigenvalue weighted by Crippen LogP contribution is 2.45. The zero-order valence-corrected chi connectivity index (χ0v) is 65.5. The summed E-state index contributed by atoms with van der Waals surface area (Å²) in [5, 5.41) is 20.6. The molecule has 0 aliphatic carbocycles. The first-order valence-electron chi connectivity index (χ1n) is 39.1.